The fourth-order valence-electron chi connectivity index (χ4n) is 3.33. The summed E-state index contributed by atoms with van der Waals surface area (Å²) in [5.41, 5.74) is 6.64. The maximum Gasteiger partial charge on any atom is 0.241 e. The van der Waals surface area contributed by atoms with Crippen LogP contribution in [0.25, 0.3) is 0 Å². The van der Waals surface area contributed by atoms with E-state index in [9.17, 15) is 13.2 Å². The van der Waals surface area contributed by atoms with Gasteiger partial charge in [-0.3, -0.25) is 4.79 Å². The van der Waals surface area contributed by atoms with Crippen molar-refractivity contribution >= 4 is 39.1 Å². The minimum atomic E-state index is -3.67. The molecule has 12 heteroatoms. The predicted molar refractivity (Wildman–Crippen MR) is 148 cm³/mol. The van der Waals surface area contributed by atoms with E-state index in [-0.39, 0.29) is 17.3 Å². The average Bonchev–Trinajstić information content (AvgIpc) is 2.83. The number of carbonyl (C=O) groups is 1. The minimum absolute atomic E-state index is 0.155. The van der Waals surface area contributed by atoms with Gasteiger partial charge in [0.15, 0.2) is 0 Å². The summed E-state index contributed by atoms with van der Waals surface area (Å²) < 4.78 is 33.8. The molecule has 3 rings (SSSR count). The molecular weight excluding hydrogens is 506 g/mol. The normalized spacial score (nSPS) is 11.7. The zero-order valence-electron chi connectivity index (χ0n) is 22.0. The van der Waals surface area contributed by atoms with Crippen LogP contribution in [0.2, 0.25) is 0 Å². The van der Waals surface area contributed by atoms with Gasteiger partial charge in [0.05, 0.1) is 18.0 Å². The molecule has 6 N–H and O–H groups in total. The number of hydrogen-bond donors (Lipinski definition) is 5. The summed E-state index contributed by atoms with van der Waals surface area (Å²) in [5.74, 6) is 1.26. The highest BCUT2D eigenvalue weighted by atomic mass is 32.2. The van der Waals surface area contributed by atoms with Gasteiger partial charge in [-0.2, -0.15) is 4.98 Å². The van der Waals surface area contributed by atoms with Crippen LogP contribution < -0.4 is 31.1 Å². The first kappa shape index (κ1) is 28.8. The number of carbonyl (C=O) groups excluding carboxylic acids is 1. The van der Waals surface area contributed by atoms with Crippen molar-refractivity contribution in [2.24, 2.45) is 5.73 Å². The van der Waals surface area contributed by atoms with Crippen LogP contribution in [-0.4, -0.2) is 49.5 Å². The van der Waals surface area contributed by atoms with Gasteiger partial charge in [0.1, 0.15) is 11.6 Å². The van der Waals surface area contributed by atoms with Gasteiger partial charge < -0.3 is 26.4 Å². The van der Waals surface area contributed by atoms with E-state index in [2.05, 4.69) is 30.6 Å². The van der Waals surface area contributed by atoms with E-state index >= 15 is 0 Å². The third-order valence-electron chi connectivity index (χ3n) is 5.00. The van der Waals surface area contributed by atoms with Crippen molar-refractivity contribution < 1.29 is 17.9 Å². The first-order valence-electron chi connectivity index (χ1n) is 12.1. The fraction of sp³-hybridized carbons (Fsp3) is 0.346. The number of sulfonamides is 1. The number of anilines is 4. The summed E-state index contributed by atoms with van der Waals surface area (Å²) in [4.78, 5) is 19.8. The smallest absolute Gasteiger partial charge is 0.241 e. The number of nitrogens with one attached hydrogen (secondary N) is 4. The number of benzene rings is 2. The van der Waals surface area contributed by atoms with E-state index in [1.807, 2.05) is 31.2 Å². The molecule has 0 fully saturated rings. The van der Waals surface area contributed by atoms with Gasteiger partial charge >= 0.3 is 0 Å². The number of nitrogens with zero attached hydrogens (tertiary/aromatic N) is 2. The molecule has 3 aromatic rings. The molecule has 11 nitrogen and oxygen atoms in total. The molecule has 38 heavy (non-hydrogen) atoms. The highest BCUT2D eigenvalue weighted by Crippen LogP contribution is 2.24. The van der Waals surface area contributed by atoms with E-state index in [1.165, 1.54) is 0 Å². The van der Waals surface area contributed by atoms with Gasteiger partial charge in [0, 0.05) is 28.7 Å². The number of rotatable bonds is 13. The molecule has 0 atom stereocenters. The van der Waals surface area contributed by atoms with Crippen molar-refractivity contribution in [2.75, 3.05) is 30.3 Å². The van der Waals surface area contributed by atoms with Crippen LogP contribution in [0.1, 0.15) is 32.8 Å². The van der Waals surface area contributed by atoms with E-state index in [0.717, 1.165) is 17.7 Å². The van der Waals surface area contributed by atoms with Crippen LogP contribution in [0.5, 0.6) is 5.75 Å². The standard InChI is InChI=1S/C26H35N7O4S/c1-18-16-29-25(31-19-9-11-21(12-10-19)37-14-6-13-28-17-23(27)34)32-24(18)30-20-7-5-8-22(15-20)38(35,36)33-26(2,3)4/h5,7-12,15-16,28,33H,6,13-14,17H2,1-4H3,(H2,27,34)(H2,29,30,31,32). The summed E-state index contributed by atoms with van der Waals surface area (Å²) in [6.45, 7) is 8.54. The fourth-order valence-corrected chi connectivity index (χ4v) is 4.79. The Morgan fingerprint density at radius 2 is 1.79 bits per heavy atom. The molecule has 0 saturated carbocycles. The Labute approximate surface area is 223 Å². The minimum Gasteiger partial charge on any atom is -0.494 e. The van der Waals surface area contributed by atoms with Crippen molar-refractivity contribution in [3.8, 4) is 5.75 Å². The molecule has 1 amide bonds. The molecule has 0 saturated heterocycles. The van der Waals surface area contributed by atoms with Crippen molar-refractivity contribution in [3.63, 3.8) is 0 Å². The Morgan fingerprint density at radius 1 is 1.05 bits per heavy atom. The first-order chi connectivity index (χ1) is 17.9. The molecule has 2 aromatic carbocycles. The molecular formula is C26H35N7O4S. The van der Waals surface area contributed by atoms with Crippen LogP contribution in [-0.2, 0) is 14.8 Å². The molecule has 0 unspecified atom stereocenters. The van der Waals surface area contributed by atoms with Crippen LogP contribution >= 0.6 is 0 Å². The Balaban J connectivity index is 1.61. The van der Waals surface area contributed by atoms with Gasteiger partial charge in [-0.15, -0.1) is 0 Å². The topological polar surface area (TPSA) is 160 Å². The third kappa shape index (κ3) is 9.29. The van der Waals surface area contributed by atoms with E-state index < -0.39 is 15.6 Å². The maximum absolute atomic E-state index is 12.7. The summed E-state index contributed by atoms with van der Waals surface area (Å²) in [6.07, 6.45) is 2.42. The average molecular weight is 542 g/mol. The van der Waals surface area contributed by atoms with E-state index in [0.29, 0.717) is 36.4 Å². The monoisotopic (exact) mass is 541 g/mol. The Bertz CT molecular complexity index is 1340. The van der Waals surface area contributed by atoms with Gasteiger partial charge in [-0.25, -0.2) is 18.1 Å². The highest BCUT2D eigenvalue weighted by molar-refractivity contribution is 7.89. The molecule has 0 aliphatic rings. The van der Waals surface area contributed by atoms with Crippen molar-refractivity contribution in [1.82, 2.24) is 20.0 Å². The third-order valence-corrected chi connectivity index (χ3v) is 6.75. The van der Waals surface area contributed by atoms with E-state index in [4.69, 9.17) is 10.5 Å². The summed E-state index contributed by atoms with van der Waals surface area (Å²) in [5, 5.41) is 9.29. The lowest BCUT2D eigenvalue weighted by atomic mass is 10.1. The number of nitrogens with two attached hydrogens (primary N) is 1. The quantitative estimate of drug-likeness (QED) is 0.205. The lowest BCUT2D eigenvalue weighted by Gasteiger charge is -2.20. The van der Waals surface area contributed by atoms with Crippen molar-refractivity contribution in [1.29, 1.82) is 0 Å². The largest absolute Gasteiger partial charge is 0.494 e. The molecule has 204 valence electrons. The van der Waals surface area contributed by atoms with Gasteiger partial charge in [0.25, 0.3) is 0 Å². The second-order valence-corrected chi connectivity index (χ2v) is 11.4. The number of ether oxygens (including phenoxy) is 1. The molecule has 0 aliphatic heterocycles. The van der Waals surface area contributed by atoms with Gasteiger partial charge in [-0.1, -0.05) is 6.07 Å². The molecule has 1 heterocycles. The van der Waals surface area contributed by atoms with E-state index in [1.54, 1.807) is 51.2 Å². The molecule has 0 radical (unpaired) electrons. The lowest BCUT2D eigenvalue weighted by molar-refractivity contribution is -0.117. The Hall–Kier alpha value is -3.74. The van der Waals surface area contributed by atoms with Gasteiger partial charge in [-0.05, 0) is 83.1 Å². The second-order valence-electron chi connectivity index (χ2n) is 9.73. The zero-order valence-corrected chi connectivity index (χ0v) is 22.9. The van der Waals surface area contributed by atoms with Crippen LogP contribution in [0.3, 0.4) is 0 Å². The summed E-state index contributed by atoms with van der Waals surface area (Å²) in [7, 11) is -3.67. The number of aryl methyl sites for hydroxylation is 1. The molecule has 0 spiro atoms. The highest BCUT2D eigenvalue weighted by Gasteiger charge is 2.22. The summed E-state index contributed by atoms with van der Waals surface area (Å²) in [6, 6.07) is 14.0. The number of aromatic nitrogens is 2. The number of primary amides is 1. The number of amides is 1. The second kappa shape index (κ2) is 12.7. The molecule has 0 bridgehead atoms. The number of hydrogen-bond acceptors (Lipinski definition) is 9. The van der Waals surface area contributed by atoms with Crippen molar-refractivity contribution in [2.45, 2.75) is 44.6 Å². The van der Waals surface area contributed by atoms with Crippen molar-refractivity contribution in [3.05, 3.63) is 60.3 Å². The van der Waals surface area contributed by atoms with Gasteiger partial charge in [0.2, 0.25) is 21.9 Å². The van der Waals surface area contributed by atoms with Crippen LogP contribution in [0, 0.1) is 6.92 Å². The maximum atomic E-state index is 12.7. The SMILES string of the molecule is Cc1cnc(Nc2ccc(OCCCNCC(N)=O)cc2)nc1Nc1cccc(S(=O)(=O)NC(C)(C)C)c1. The Morgan fingerprint density at radius 3 is 2.47 bits per heavy atom. The zero-order chi connectivity index (χ0) is 27.8. The predicted octanol–water partition coefficient (Wildman–Crippen LogP) is 3.19. The first-order valence-corrected chi connectivity index (χ1v) is 13.6. The lowest BCUT2D eigenvalue weighted by Crippen LogP contribution is -2.40. The van der Waals surface area contributed by atoms with Crippen LogP contribution in [0.15, 0.2) is 59.6 Å². The molecule has 1 aromatic heterocycles. The summed E-state index contributed by atoms with van der Waals surface area (Å²) >= 11 is 0. The van der Waals surface area contributed by atoms with Crippen LogP contribution in [0.4, 0.5) is 23.1 Å². The molecule has 0 aliphatic carbocycles. The Kier molecular flexibility index (Phi) is 9.61.